The molecule has 0 amide bonds. The maximum absolute atomic E-state index is 10.3. The number of hydrogen-bond donors (Lipinski definition) is 0. The Kier molecular flexibility index (Phi) is 3.55. The van der Waals surface area contributed by atoms with Crippen LogP contribution in [0.3, 0.4) is 0 Å². The largest absolute Gasteiger partial charge is 0.414 e. The topological polar surface area (TPSA) is 26.3 Å². The fourth-order valence-corrected chi connectivity index (χ4v) is 2.02. The fourth-order valence-electron chi connectivity index (χ4n) is 0.680. The van der Waals surface area contributed by atoms with Gasteiger partial charge in [0.15, 0.2) is 0 Å². The molecule has 0 heterocycles. The van der Waals surface area contributed by atoms with Gasteiger partial charge in [-0.2, -0.15) is 0 Å². The third-order valence-corrected chi connectivity index (χ3v) is 2.03. The van der Waals surface area contributed by atoms with Crippen molar-refractivity contribution < 1.29 is 9.53 Å². The van der Waals surface area contributed by atoms with Gasteiger partial charge in [0.25, 0.3) is 0 Å². The Morgan fingerprint density at radius 2 is 1.75 bits per heavy atom. The van der Waals surface area contributed by atoms with Crippen molar-refractivity contribution in [3.8, 4) is 5.75 Å². The lowest BCUT2D eigenvalue weighted by atomic mass is 10.3. The highest BCUT2D eigenvalue weighted by Gasteiger charge is 2.01. The molecule has 0 saturated carbocycles. The summed E-state index contributed by atoms with van der Waals surface area (Å²) in [4.78, 5) is 10.3. The van der Waals surface area contributed by atoms with Gasteiger partial charge in [0, 0.05) is 20.5 Å². The van der Waals surface area contributed by atoms with E-state index in [1.54, 1.807) is 12.1 Å². The van der Waals surface area contributed by atoms with Gasteiger partial charge in [-0.15, -0.1) is 0 Å². The lowest BCUT2D eigenvalue weighted by molar-refractivity contribution is 0.225. The van der Waals surface area contributed by atoms with Gasteiger partial charge in [-0.25, -0.2) is 4.79 Å². The lowest BCUT2D eigenvalue weighted by Gasteiger charge is -2.00. The average molecular weight is 314 g/mol. The molecule has 12 heavy (non-hydrogen) atoms. The Morgan fingerprint density at radius 1 is 1.25 bits per heavy atom. The third kappa shape index (κ3) is 3.13. The molecular weight excluding hydrogens is 311 g/mol. The number of benzene rings is 1. The Morgan fingerprint density at radius 3 is 2.17 bits per heavy atom. The van der Waals surface area contributed by atoms with Crippen molar-refractivity contribution in [3.05, 3.63) is 27.1 Å². The molecule has 5 heteroatoms. The van der Waals surface area contributed by atoms with Crippen molar-refractivity contribution in [2.75, 3.05) is 0 Å². The summed E-state index contributed by atoms with van der Waals surface area (Å²) in [6, 6.07) is 5.11. The first-order chi connectivity index (χ1) is 5.58. The Balaban J connectivity index is 2.93. The van der Waals surface area contributed by atoms with Crippen LogP contribution in [-0.4, -0.2) is 5.43 Å². The highest BCUT2D eigenvalue weighted by atomic mass is 79.9. The summed E-state index contributed by atoms with van der Waals surface area (Å²) >= 11 is 11.5. The normalized spacial score (nSPS) is 9.58. The first-order valence-corrected chi connectivity index (χ1v) is 4.88. The molecular formula is C7H3Br2ClO2. The summed E-state index contributed by atoms with van der Waals surface area (Å²) in [5.74, 6) is 0.399. The fraction of sp³-hybridized carbons (Fsp3) is 0. The second-order valence-electron chi connectivity index (χ2n) is 1.94. The lowest BCUT2D eigenvalue weighted by Crippen LogP contribution is -1.95. The molecule has 64 valence electrons. The van der Waals surface area contributed by atoms with Gasteiger partial charge >= 0.3 is 5.43 Å². The summed E-state index contributed by atoms with van der Waals surface area (Å²) < 4.78 is 6.26. The number of halogens is 3. The van der Waals surface area contributed by atoms with Gasteiger partial charge in [-0.05, 0) is 18.2 Å². The molecule has 0 aliphatic heterocycles. The Bertz CT molecular complexity index is 294. The van der Waals surface area contributed by atoms with Crippen LogP contribution in [0.1, 0.15) is 0 Å². The van der Waals surface area contributed by atoms with E-state index in [-0.39, 0.29) is 0 Å². The van der Waals surface area contributed by atoms with Crippen molar-refractivity contribution in [3.63, 3.8) is 0 Å². The quantitative estimate of drug-likeness (QED) is 0.734. The predicted molar refractivity (Wildman–Crippen MR) is 53.7 cm³/mol. The zero-order chi connectivity index (χ0) is 9.14. The van der Waals surface area contributed by atoms with Gasteiger partial charge in [0.1, 0.15) is 5.75 Å². The van der Waals surface area contributed by atoms with E-state index >= 15 is 0 Å². The minimum absolute atomic E-state index is 0.399. The van der Waals surface area contributed by atoms with Crippen LogP contribution in [0.15, 0.2) is 27.1 Å². The van der Waals surface area contributed by atoms with Crippen molar-refractivity contribution in [2.24, 2.45) is 0 Å². The number of rotatable bonds is 1. The summed E-state index contributed by atoms with van der Waals surface area (Å²) in [6.45, 7) is 0. The van der Waals surface area contributed by atoms with Gasteiger partial charge in [-0.1, -0.05) is 31.9 Å². The van der Waals surface area contributed by atoms with Gasteiger partial charge < -0.3 is 4.74 Å². The molecule has 0 radical (unpaired) electrons. The van der Waals surface area contributed by atoms with Crippen LogP contribution < -0.4 is 4.74 Å². The molecule has 1 aromatic rings. The van der Waals surface area contributed by atoms with Gasteiger partial charge in [0.05, 0.1) is 0 Å². The molecule has 1 rings (SSSR count). The number of hydrogen-bond acceptors (Lipinski definition) is 2. The smallest absolute Gasteiger partial charge is 0.409 e. The monoisotopic (exact) mass is 312 g/mol. The predicted octanol–water partition coefficient (Wildman–Crippen LogP) is 3.95. The molecule has 1 aromatic carbocycles. The van der Waals surface area contributed by atoms with E-state index in [2.05, 4.69) is 36.6 Å². The van der Waals surface area contributed by atoms with Crippen molar-refractivity contribution in [2.45, 2.75) is 0 Å². The molecule has 0 fully saturated rings. The molecule has 0 spiro atoms. The number of carbonyl (C=O) groups excluding carboxylic acids is 1. The molecule has 2 nitrogen and oxygen atoms in total. The van der Waals surface area contributed by atoms with Crippen molar-refractivity contribution in [1.82, 2.24) is 0 Å². The zero-order valence-corrected chi connectivity index (χ0v) is 9.61. The van der Waals surface area contributed by atoms with Crippen LogP contribution in [0.25, 0.3) is 0 Å². The van der Waals surface area contributed by atoms with Crippen LogP contribution in [0.4, 0.5) is 4.79 Å². The SMILES string of the molecule is O=C(Cl)Oc1cc(Br)cc(Br)c1. The standard InChI is InChI=1S/C7H3Br2ClO2/c8-4-1-5(9)3-6(2-4)12-7(10)11/h1-3H. The van der Waals surface area contributed by atoms with Crippen LogP contribution in [0.2, 0.25) is 0 Å². The second-order valence-corrected chi connectivity index (χ2v) is 4.08. The first-order valence-electron chi connectivity index (χ1n) is 2.91. The Labute approximate surface area is 91.1 Å². The number of ether oxygens (including phenoxy) is 1. The van der Waals surface area contributed by atoms with E-state index in [4.69, 9.17) is 11.6 Å². The van der Waals surface area contributed by atoms with Crippen LogP contribution >= 0.6 is 43.5 Å². The average Bonchev–Trinajstić information content (AvgIpc) is 1.81. The number of carbonyl (C=O) groups is 1. The van der Waals surface area contributed by atoms with Crippen LogP contribution in [0, 0.1) is 0 Å². The van der Waals surface area contributed by atoms with Crippen LogP contribution in [-0.2, 0) is 0 Å². The van der Waals surface area contributed by atoms with E-state index in [9.17, 15) is 4.79 Å². The zero-order valence-electron chi connectivity index (χ0n) is 5.68. The first kappa shape index (κ1) is 10.0. The molecule has 0 aromatic heterocycles. The molecule has 0 aliphatic carbocycles. The molecule has 0 atom stereocenters. The molecule has 0 N–H and O–H groups in total. The van der Waals surface area contributed by atoms with E-state index in [0.717, 1.165) is 8.95 Å². The van der Waals surface area contributed by atoms with Crippen molar-refractivity contribution >= 4 is 48.9 Å². The molecule has 0 bridgehead atoms. The summed E-state index contributed by atoms with van der Waals surface area (Å²) in [5.41, 5.74) is -0.847. The van der Waals surface area contributed by atoms with E-state index < -0.39 is 5.43 Å². The van der Waals surface area contributed by atoms with Gasteiger partial charge in [0.2, 0.25) is 0 Å². The minimum Gasteiger partial charge on any atom is -0.414 e. The summed E-state index contributed by atoms with van der Waals surface area (Å²) in [6.07, 6.45) is 0. The maximum atomic E-state index is 10.3. The highest BCUT2D eigenvalue weighted by Crippen LogP contribution is 2.25. The third-order valence-electron chi connectivity index (χ3n) is 1.03. The second kappa shape index (κ2) is 4.25. The van der Waals surface area contributed by atoms with Crippen molar-refractivity contribution in [1.29, 1.82) is 0 Å². The van der Waals surface area contributed by atoms with Gasteiger partial charge in [-0.3, -0.25) is 0 Å². The highest BCUT2D eigenvalue weighted by molar-refractivity contribution is 9.11. The molecule has 0 aliphatic rings. The summed E-state index contributed by atoms with van der Waals surface area (Å²) in [7, 11) is 0. The van der Waals surface area contributed by atoms with E-state index in [0.29, 0.717) is 5.75 Å². The Hall–Kier alpha value is -0.0600. The molecule has 0 saturated heterocycles. The van der Waals surface area contributed by atoms with Crippen LogP contribution in [0.5, 0.6) is 5.75 Å². The van der Waals surface area contributed by atoms with E-state index in [1.165, 1.54) is 0 Å². The van der Waals surface area contributed by atoms with E-state index in [1.807, 2.05) is 6.07 Å². The summed E-state index contributed by atoms with van der Waals surface area (Å²) in [5, 5.41) is 0. The molecule has 0 unspecified atom stereocenters. The maximum Gasteiger partial charge on any atom is 0.409 e. The minimum atomic E-state index is -0.847.